The van der Waals surface area contributed by atoms with Crippen molar-refractivity contribution in [1.29, 1.82) is 0 Å². The Hall–Kier alpha value is -1.48. The van der Waals surface area contributed by atoms with Crippen molar-refractivity contribution < 1.29 is 14.9 Å². The standard InChI is InChI=1S/C20H28O3/c1-5-6-12(2)13-9-17(22)19-15-11-14(21)7-8-16(15)20(3,4)23-18(19)10-13/h5-6,9-10,12,14-16,21-22H,7-8,11H2,1-4H3. The van der Waals surface area contributed by atoms with Crippen molar-refractivity contribution in [3.8, 4) is 11.5 Å². The Morgan fingerprint density at radius 3 is 2.74 bits per heavy atom. The maximum atomic E-state index is 10.7. The van der Waals surface area contributed by atoms with E-state index < -0.39 is 0 Å². The van der Waals surface area contributed by atoms with Crippen molar-refractivity contribution in [1.82, 2.24) is 0 Å². The first kappa shape index (κ1) is 16.4. The van der Waals surface area contributed by atoms with E-state index in [2.05, 4.69) is 32.9 Å². The van der Waals surface area contributed by atoms with E-state index in [9.17, 15) is 10.2 Å². The number of allylic oxidation sites excluding steroid dienone is 2. The van der Waals surface area contributed by atoms with Crippen molar-refractivity contribution in [2.24, 2.45) is 5.92 Å². The molecule has 1 aliphatic heterocycles. The second-order valence-electron chi connectivity index (χ2n) is 7.65. The van der Waals surface area contributed by atoms with E-state index in [-0.39, 0.29) is 23.5 Å². The predicted molar refractivity (Wildman–Crippen MR) is 92.1 cm³/mol. The average Bonchev–Trinajstić information content (AvgIpc) is 2.45. The lowest BCUT2D eigenvalue weighted by Crippen LogP contribution is -2.47. The minimum atomic E-state index is -0.279. The molecule has 0 amide bonds. The van der Waals surface area contributed by atoms with Crippen molar-refractivity contribution in [2.75, 3.05) is 0 Å². The first-order chi connectivity index (χ1) is 10.8. The van der Waals surface area contributed by atoms with Gasteiger partial charge in [-0.1, -0.05) is 19.1 Å². The van der Waals surface area contributed by atoms with Gasteiger partial charge >= 0.3 is 0 Å². The monoisotopic (exact) mass is 316 g/mol. The summed E-state index contributed by atoms with van der Waals surface area (Å²) in [7, 11) is 0. The molecule has 4 unspecified atom stereocenters. The molecule has 3 nitrogen and oxygen atoms in total. The van der Waals surface area contributed by atoms with E-state index >= 15 is 0 Å². The molecule has 23 heavy (non-hydrogen) atoms. The molecular weight excluding hydrogens is 288 g/mol. The summed E-state index contributed by atoms with van der Waals surface area (Å²) in [6, 6.07) is 3.93. The zero-order chi connectivity index (χ0) is 16.8. The van der Waals surface area contributed by atoms with Gasteiger partial charge in [0.15, 0.2) is 0 Å². The van der Waals surface area contributed by atoms with Gasteiger partial charge in [-0.15, -0.1) is 0 Å². The van der Waals surface area contributed by atoms with Gasteiger partial charge in [-0.3, -0.25) is 0 Å². The summed E-state index contributed by atoms with van der Waals surface area (Å²) in [6.45, 7) is 8.37. The first-order valence-electron chi connectivity index (χ1n) is 8.70. The lowest BCUT2D eigenvalue weighted by Gasteiger charge is -2.48. The third kappa shape index (κ3) is 2.87. The van der Waals surface area contributed by atoms with Crippen LogP contribution in [0.15, 0.2) is 24.3 Å². The summed E-state index contributed by atoms with van der Waals surface area (Å²) < 4.78 is 6.31. The van der Waals surface area contributed by atoms with Crippen LogP contribution in [0.5, 0.6) is 11.5 Å². The topological polar surface area (TPSA) is 49.7 Å². The fourth-order valence-corrected chi connectivity index (χ4v) is 4.41. The van der Waals surface area contributed by atoms with Gasteiger partial charge in [-0.25, -0.2) is 0 Å². The SMILES string of the molecule is CC=CC(C)c1cc(O)c2c(c1)OC(C)(C)C1CCC(O)CC21. The Balaban J connectivity index is 2.07. The number of aliphatic hydroxyl groups excluding tert-OH is 1. The molecule has 0 saturated heterocycles. The quantitative estimate of drug-likeness (QED) is 0.791. The zero-order valence-electron chi connectivity index (χ0n) is 14.5. The summed E-state index contributed by atoms with van der Waals surface area (Å²) in [5.41, 5.74) is 1.68. The van der Waals surface area contributed by atoms with E-state index in [1.165, 1.54) is 0 Å². The molecule has 1 heterocycles. The zero-order valence-corrected chi connectivity index (χ0v) is 14.5. The van der Waals surface area contributed by atoms with Crippen LogP contribution in [-0.2, 0) is 0 Å². The summed E-state index contributed by atoms with van der Waals surface area (Å²) in [6.07, 6.45) is 6.33. The molecule has 126 valence electrons. The number of hydrogen-bond acceptors (Lipinski definition) is 3. The molecule has 0 aromatic heterocycles. The maximum absolute atomic E-state index is 10.7. The predicted octanol–water partition coefficient (Wildman–Crippen LogP) is 4.49. The van der Waals surface area contributed by atoms with Crippen LogP contribution in [0.25, 0.3) is 0 Å². The Morgan fingerprint density at radius 2 is 2.04 bits per heavy atom. The third-order valence-corrected chi connectivity index (χ3v) is 5.61. The Kier molecular flexibility index (Phi) is 4.18. The highest BCUT2D eigenvalue weighted by Gasteiger charge is 2.47. The van der Waals surface area contributed by atoms with Gasteiger partial charge in [0, 0.05) is 17.4 Å². The second-order valence-corrected chi connectivity index (χ2v) is 7.65. The molecule has 0 spiro atoms. The molecule has 1 fully saturated rings. The van der Waals surface area contributed by atoms with Crippen LogP contribution >= 0.6 is 0 Å². The van der Waals surface area contributed by atoms with Crippen LogP contribution in [0.3, 0.4) is 0 Å². The number of fused-ring (bicyclic) bond motifs is 3. The fourth-order valence-electron chi connectivity index (χ4n) is 4.41. The molecule has 3 rings (SSSR count). The highest BCUT2D eigenvalue weighted by molar-refractivity contribution is 5.53. The van der Waals surface area contributed by atoms with Crippen LogP contribution in [0.1, 0.15) is 69.9 Å². The first-order valence-corrected chi connectivity index (χ1v) is 8.70. The van der Waals surface area contributed by atoms with E-state index in [0.29, 0.717) is 18.1 Å². The lowest BCUT2D eigenvalue weighted by atomic mass is 9.65. The molecule has 3 heteroatoms. The Labute approximate surface area is 139 Å². The van der Waals surface area contributed by atoms with Crippen molar-refractivity contribution >= 4 is 0 Å². The maximum Gasteiger partial charge on any atom is 0.127 e. The van der Waals surface area contributed by atoms with Crippen LogP contribution in [0, 0.1) is 5.92 Å². The summed E-state index contributed by atoms with van der Waals surface area (Å²) >= 11 is 0. The summed E-state index contributed by atoms with van der Waals surface area (Å²) in [4.78, 5) is 0. The van der Waals surface area contributed by atoms with Crippen LogP contribution in [-0.4, -0.2) is 21.9 Å². The van der Waals surface area contributed by atoms with Gasteiger partial charge < -0.3 is 14.9 Å². The van der Waals surface area contributed by atoms with E-state index in [4.69, 9.17) is 4.74 Å². The lowest BCUT2D eigenvalue weighted by molar-refractivity contribution is -0.0317. The van der Waals surface area contributed by atoms with Gasteiger partial charge in [-0.2, -0.15) is 0 Å². The van der Waals surface area contributed by atoms with E-state index in [1.807, 2.05) is 19.1 Å². The van der Waals surface area contributed by atoms with Crippen LogP contribution in [0.2, 0.25) is 0 Å². The van der Waals surface area contributed by atoms with E-state index in [1.54, 1.807) is 0 Å². The molecule has 2 aliphatic rings. The largest absolute Gasteiger partial charge is 0.508 e. The summed E-state index contributed by atoms with van der Waals surface area (Å²) in [5, 5.41) is 20.8. The number of aromatic hydroxyl groups is 1. The Bertz CT molecular complexity index is 618. The molecule has 1 aromatic carbocycles. The molecule has 0 radical (unpaired) electrons. The van der Waals surface area contributed by atoms with Gasteiger partial charge in [0.05, 0.1) is 6.10 Å². The Morgan fingerprint density at radius 1 is 1.30 bits per heavy atom. The number of phenols is 1. The van der Waals surface area contributed by atoms with Gasteiger partial charge in [0.2, 0.25) is 0 Å². The summed E-state index contributed by atoms with van der Waals surface area (Å²) in [5.74, 6) is 1.84. The fraction of sp³-hybridized carbons (Fsp3) is 0.600. The minimum Gasteiger partial charge on any atom is -0.508 e. The van der Waals surface area contributed by atoms with Crippen LogP contribution in [0.4, 0.5) is 0 Å². The van der Waals surface area contributed by atoms with Crippen molar-refractivity contribution in [3.63, 3.8) is 0 Å². The molecule has 1 aromatic rings. The van der Waals surface area contributed by atoms with Crippen LogP contribution < -0.4 is 4.74 Å². The molecule has 1 saturated carbocycles. The number of aliphatic hydroxyl groups is 1. The van der Waals surface area contributed by atoms with E-state index in [0.717, 1.165) is 29.7 Å². The number of ether oxygens (including phenoxy) is 1. The molecule has 0 bridgehead atoms. The average molecular weight is 316 g/mol. The number of benzene rings is 1. The van der Waals surface area contributed by atoms with Gasteiger partial charge in [0.1, 0.15) is 17.1 Å². The second kappa shape index (κ2) is 5.86. The molecular formula is C20H28O3. The van der Waals surface area contributed by atoms with Gasteiger partial charge in [0.25, 0.3) is 0 Å². The van der Waals surface area contributed by atoms with Crippen molar-refractivity contribution in [2.45, 2.75) is 70.5 Å². The molecule has 1 aliphatic carbocycles. The molecule has 4 atom stereocenters. The highest BCUT2D eigenvalue weighted by Crippen LogP contribution is 2.54. The smallest absolute Gasteiger partial charge is 0.127 e. The normalized spacial score (nSPS) is 30.4. The number of rotatable bonds is 2. The third-order valence-electron chi connectivity index (χ3n) is 5.61. The molecule has 2 N–H and O–H groups in total. The highest BCUT2D eigenvalue weighted by atomic mass is 16.5. The van der Waals surface area contributed by atoms with Crippen molar-refractivity contribution in [3.05, 3.63) is 35.4 Å². The van der Waals surface area contributed by atoms with Gasteiger partial charge in [-0.05, 0) is 63.6 Å². The minimum absolute atomic E-state index is 0.170. The number of hydrogen-bond donors (Lipinski definition) is 2. The number of phenolic OH excluding ortho intramolecular Hbond substituents is 1.